The molecule has 0 aliphatic rings. The molecule has 4 aromatic rings. The minimum Gasteiger partial charge on any atom is -0.319 e. The monoisotopic (exact) mass is 380 g/mol. The lowest BCUT2D eigenvalue weighted by Gasteiger charge is -2.36. The van der Waals surface area contributed by atoms with Crippen molar-refractivity contribution < 1.29 is 0 Å². The normalized spacial score (nSPS) is 11.5. The van der Waals surface area contributed by atoms with Crippen molar-refractivity contribution in [1.29, 1.82) is 0 Å². The van der Waals surface area contributed by atoms with Crippen LogP contribution in [0.5, 0.6) is 0 Å². The molecule has 0 amide bonds. The van der Waals surface area contributed by atoms with Gasteiger partial charge in [-0.1, -0.05) is 47.5 Å². The molecule has 2 aromatic heterocycles. The van der Waals surface area contributed by atoms with E-state index < -0.39 is 5.54 Å². The average Bonchev–Trinajstić information content (AvgIpc) is 3.21. The van der Waals surface area contributed by atoms with Gasteiger partial charge < -0.3 is 4.57 Å². The summed E-state index contributed by atoms with van der Waals surface area (Å²) in [7, 11) is 0. The van der Waals surface area contributed by atoms with Gasteiger partial charge in [0.05, 0.1) is 6.33 Å². The summed E-state index contributed by atoms with van der Waals surface area (Å²) in [5.74, 6) is 0. The van der Waals surface area contributed by atoms with E-state index in [4.69, 9.17) is 23.2 Å². The first-order valence-electron chi connectivity index (χ1n) is 7.97. The summed E-state index contributed by atoms with van der Waals surface area (Å²) in [6.45, 7) is 0. The minimum atomic E-state index is -0.701. The number of hydrogen-bond donors (Lipinski definition) is 0. The SMILES string of the molecule is Clc1ccc(C(c2ccc(Cl)cc2)(c2cncnc2)n2ccnc2)cc1. The van der Waals surface area contributed by atoms with E-state index >= 15 is 0 Å². The van der Waals surface area contributed by atoms with Crippen LogP contribution < -0.4 is 0 Å². The Kier molecular flexibility index (Phi) is 4.45. The summed E-state index contributed by atoms with van der Waals surface area (Å²) < 4.78 is 2.04. The second kappa shape index (κ2) is 6.90. The van der Waals surface area contributed by atoms with Gasteiger partial charge in [-0.3, -0.25) is 0 Å². The van der Waals surface area contributed by atoms with Gasteiger partial charge in [0.15, 0.2) is 0 Å². The summed E-state index contributed by atoms with van der Waals surface area (Å²) in [5.41, 5.74) is 2.23. The highest BCUT2D eigenvalue weighted by Gasteiger charge is 2.38. The van der Waals surface area contributed by atoms with E-state index in [0.717, 1.165) is 16.7 Å². The van der Waals surface area contributed by atoms with Gasteiger partial charge in [-0.05, 0) is 35.4 Å². The molecule has 4 rings (SSSR count). The van der Waals surface area contributed by atoms with Crippen molar-refractivity contribution in [3.63, 3.8) is 0 Å². The van der Waals surface area contributed by atoms with Crippen LogP contribution in [-0.2, 0) is 5.54 Å². The van der Waals surface area contributed by atoms with Crippen LogP contribution >= 0.6 is 23.2 Å². The van der Waals surface area contributed by atoms with Crippen molar-refractivity contribution >= 4 is 23.2 Å². The molecule has 26 heavy (non-hydrogen) atoms. The number of halogens is 2. The van der Waals surface area contributed by atoms with Gasteiger partial charge in [0.25, 0.3) is 0 Å². The molecule has 0 spiro atoms. The lowest BCUT2D eigenvalue weighted by Crippen LogP contribution is -2.37. The molecule has 0 aliphatic heterocycles. The maximum absolute atomic E-state index is 6.14. The van der Waals surface area contributed by atoms with Gasteiger partial charge >= 0.3 is 0 Å². The van der Waals surface area contributed by atoms with E-state index in [1.165, 1.54) is 6.33 Å². The van der Waals surface area contributed by atoms with E-state index in [0.29, 0.717) is 10.0 Å². The first-order chi connectivity index (χ1) is 12.7. The first-order valence-corrected chi connectivity index (χ1v) is 8.73. The molecular formula is C20H14Cl2N4. The molecule has 128 valence electrons. The fourth-order valence-electron chi connectivity index (χ4n) is 3.27. The van der Waals surface area contributed by atoms with E-state index in [2.05, 4.69) is 15.0 Å². The van der Waals surface area contributed by atoms with Crippen molar-refractivity contribution in [2.45, 2.75) is 5.54 Å². The maximum atomic E-state index is 6.14. The van der Waals surface area contributed by atoms with Crippen LogP contribution in [0.15, 0.2) is 86.0 Å². The molecular weight excluding hydrogens is 367 g/mol. The van der Waals surface area contributed by atoms with Gasteiger partial charge in [-0.2, -0.15) is 0 Å². The van der Waals surface area contributed by atoms with Crippen LogP contribution in [0, 0.1) is 0 Å². The Balaban J connectivity index is 2.10. The molecule has 0 N–H and O–H groups in total. The summed E-state index contributed by atoms with van der Waals surface area (Å²) in [4.78, 5) is 12.8. The molecule has 0 bridgehead atoms. The zero-order chi connectivity index (χ0) is 18.0. The molecule has 0 atom stereocenters. The maximum Gasteiger partial charge on any atom is 0.124 e. The molecule has 0 radical (unpaired) electrons. The third-order valence-corrected chi connectivity index (χ3v) is 4.90. The number of nitrogens with zero attached hydrogens (tertiary/aromatic N) is 4. The Morgan fingerprint density at radius 1 is 0.692 bits per heavy atom. The van der Waals surface area contributed by atoms with Gasteiger partial charge in [0, 0.05) is 40.4 Å². The van der Waals surface area contributed by atoms with Crippen molar-refractivity contribution in [1.82, 2.24) is 19.5 Å². The van der Waals surface area contributed by atoms with Crippen molar-refractivity contribution in [2.24, 2.45) is 0 Å². The predicted octanol–water partition coefficient (Wildman–Crippen LogP) is 4.82. The van der Waals surface area contributed by atoms with Gasteiger partial charge in [0.1, 0.15) is 11.9 Å². The quantitative estimate of drug-likeness (QED) is 0.509. The second-order valence-corrected chi connectivity index (χ2v) is 6.69. The Bertz CT molecular complexity index is 937. The highest BCUT2D eigenvalue weighted by Crippen LogP contribution is 2.40. The van der Waals surface area contributed by atoms with Crippen LogP contribution in [-0.4, -0.2) is 19.5 Å². The molecule has 0 aliphatic carbocycles. The molecule has 6 heteroatoms. The summed E-state index contributed by atoms with van der Waals surface area (Å²) in [6, 6.07) is 15.5. The molecule has 2 aromatic carbocycles. The second-order valence-electron chi connectivity index (χ2n) is 5.82. The smallest absolute Gasteiger partial charge is 0.124 e. The Morgan fingerprint density at radius 3 is 1.69 bits per heavy atom. The van der Waals surface area contributed by atoms with E-state index in [9.17, 15) is 0 Å². The Morgan fingerprint density at radius 2 is 1.23 bits per heavy atom. The number of benzene rings is 2. The number of rotatable bonds is 4. The lowest BCUT2D eigenvalue weighted by molar-refractivity contribution is 0.510. The van der Waals surface area contributed by atoms with Gasteiger partial charge in [0.2, 0.25) is 0 Å². The number of imidazole rings is 1. The van der Waals surface area contributed by atoms with Crippen molar-refractivity contribution in [2.75, 3.05) is 0 Å². The fraction of sp³-hybridized carbons (Fsp3) is 0.0500. The van der Waals surface area contributed by atoms with E-state index in [-0.39, 0.29) is 0 Å². The molecule has 0 saturated heterocycles. The first kappa shape index (κ1) is 16.8. The highest BCUT2D eigenvalue weighted by atomic mass is 35.5. The largest absolute Gasteiger partial charge is 0.319 e. The molecule has 0 unspecified atom stereocenters. The topological polar surface area (TPSA) is 43.6 Å². The van der Waals surface area contributed by atoms with Crippen molar-refractivity contribution in [3.8, 4) is 0 Å². The van der Waals surface area contributed by atoms with Gasteiger partial charge in [-0.15, -0.1) is 0 Å². The van der Waals surface area contributed by atoms with Crippen LogP contribution in [0.2, 0.25) is 10.0 Å². The fourth-order valence-corrected chi connectivity index (χ4v) is 3.52. The standard InChI is InChI=1S/C20H14Cl2N4/c21-18-5-1-15(2-6-18)20(26-10-9-23-14-26,17-11-24-13-25-12-17)16-3-7-19(22)8-4-16/h1-14H. The molecule has 0 fully saturated rings. The van der Waals surface area contributed by atoms with Crippen LogP contribution in [0.1, 0.15) is 16.7 Å². The van der Waals surface area contributed by atoms with Crippen LogP contribution in [0.3, 0.4) is 0 Å². The predicted molar refractivity (Wildman–Crippen MR) is 102 cm³/mol. The van der Waals surface area contributed by atoms with Crippen LogP contribution in [0.25, 0.3) is 0 Å². The molecule has 4 nitrogen and oxygen atoms in total. The summed E-state index contributed by atoms with van der Waals surface area (Å²) >= 11 is 12.3. The molecule has 0 saturated carbocycles. The lowest BCUT2D eigenvalue weighted by atomic mass is 9.78. The summed E-state index contributed by atoms with van der Waals surface area (Å²) in [6.07, 6.45) is 10.6. The number of hydrogen-bond acceptors (Lipinski definition) is 3. The Labute approximate surface area is 161 Å². The van der Waals surface area contributed by atoms with Gasteiger partial charge in [-0.25, -0.2) is 15.0 Å². The van der Waals surface area contributed by atoms with E-state index in [1.54, 1.807) is 12.5 Å². The third kappa shape index (κ3) is 2.77. The third-order valence-electron chi connectivity index (χ3n) is 4.39. The zero-order valence-electron chi connectivity index (χ0n) is 13.6. The van der Waals surface area contributed by atoms with E-state index in [1.807, 2.05) is 71.7 Å². The average molecular weight is 381 g/mol. The molecule has 2 heterocycles. The Hall–Kier alpha value is -2.69. The zero-order valence-corrected chi connectivity index (χ0v) is 15.1. The highest BCUT2D eigenvalue weighted by molar-refractivity contribution is 6.30. The van der Waals surface area contributed by atoms with Crippen molar-refractivity contribution in [3.05, 3.63) is 113 Å². The van der Waals surface area contributed by atoms with Crippen LogP contribution in [0.4, 0.5) is 0 Å². The number of aromatic nitrogens is 4. The minimum absolute atomic E-state index is 0.675. The summed E-state index contributed by atoms with van der Waals surface area (Å²) in [5, 5.41) is 1.35.